The highest BCUT2D eigenvalue weighted by Gasteiger charge is 2.47. The summed E-state index contributed by atoms with van der Waals surface area (Å²) in [7, 11) is 0. The molecule has 1 amide bonds. The van der Waals surface area contributed by atoms with Crippen LogP contribution in [0, 0.1) is 5.82 Å². The molecule has 0 radical (unpaired) electrons. The molecule has 1 fully saturated rings. The number of hydrogen-bond acceptors (Lipinski definition) is 5. The molecule has 33 heavy (non-hydrogen) atoms. The maximum atomic E-state index is 13.5. The Labute approximate surface area is 191 Å². The summed E-state index contributed by atoms with van der Waals surface area (Å²) in [4.78, 5) is 14.2. The van der Waals surface area contributed by atoms with Crippen LogP contribution in [-0.4, -0.2) is 35.1 Å². The Hall–Kier alpha value is -3.58. The minimum atomic E-state index is -1.14. The molecule has 1 aliphatic rings. The molecular weight excluding hydrogens is 425 g/mol. The van der Waals surface area contributed by atoms with E-state index in [1.165, 1.54) is 46.9 Å². The van der Waals surface area contributed by atoms with Gasteiger partial charge in [0.15, 0.2) is 6.10 Å². The maximum absolute atomic E-state index is 13.5. The zero-order valence-corrected chi connectivity index (χ0v) is 18.4. The molecule has 0 aromatic heterocycles. The molecule has 0 bridgehead atoms. The number of nitrogens with zero attached hydrogens (tertiary/aromatic N) is 1. The maximum Gasteiger partial charge on any atom is 0.415 e. The highest BCUT2D eigenvalue weighted by Crippen LogP contribution is 2.39. The fraction of sp³-hybridized carbons (Fsp3) is 0.269. The second-order valence-electron chi connectivity index (χ2n) is 8.33. The summed E-state index contributed by atoms with van der Waals surface area (Å²) < 4.78 is 24.8. The molecule has 3 unspecified atom stereocenters. The van der Waals surface area contributed by atoms with E-state index in [-0.39, 0.29) is 12.4 Å². The minimum absolute atomic E-state index is 0.0719. The van der Waals surface area contributed by atoms with E-state index in [0.29, 0.717) is 22.9 Å². The second kappa shape index (κ2) is 9.50. The van der Waals surface area contributed by atoms with Crippen LogP contribution >= 0.6 is 0 Å². The number of phenols is 1. The first-order chi connectivity index (χ1) is 15.8. The van der Waals surface area contributed by atoms with Crippen molar-refractivity contribution in [2.75, 3.05) is 11.5 Å². The van der Waals surface area contributed by atoms with E-state index >= 15 is 0 Å². The van der Waals surface area contributed by atoms with Crippen molar-refractivity contribution >= 4 is 11.8 Å². The van der Waals surface area contributed by atoms with E-state index < -0.39 is 30.2 Å². The Balaban J connectivity index is 1.57. The Morgan fingerprint density at radius 3 is 2.24 bits per heavy atom. The fourth-order valence-corrected chi connectivity index (χ4v) is 3.89. The molecule has 3 atom stereocenters. The number of hydrogen-bond donors (Lipinski definition) is 2. The molecule has 2 N–H and O–H groups in total. The van der Waals surface area contributed by atoms with Crippen molar-refractivity contribution in [1.29, 1.82) is 0 Å². The molecule has 1 heterocycles. The average molecular weight is 451 g/mol. The van der Waals surface area contributed by atoms with Crippen LogP contribution in [0.3, 0.4) is 0 Å². The molecule has 3 aromatic rings. The highest BCUT2D eigenvalue weighted by atomic mass is 19.1. The Morgan fingerprint density at radius 1 is 1.00 bits per heavy atom. The zero-order chi connectivity index (χ0) is 23.5. The van der Waals surface area contributed by atoms with Crippen LogP contribution in [0.2, 0.25) is 0 Å². The summed E-state index contributed by atoms with van der Waals surface area (Å²) >= 11 is 0. The van der Waals surface area contributed by atoms with Gasteiger partial charge >= 0.3 is 6.09 Å². The normalized spacial score (nSPS) is 18.9. The molecule has 7 heteroatoms. The highest BCUT2D eigenvalue weighted by molar-refractivity contribution is 5.91. The predicted molar refractivity (Wildman–Crippen MR) is 122 cm³/mol. The van der Waals surface area contributed by atoms with Gasteiger partial charge in [0.1, 0.15) is 36.1 Å². The van der Waals surface area contributed by atoms with E-state index in [0.717, 1.165) is 0 Å². The molecule has 1 saturated heterocycles. The van der Waals surface area contributed by atoms with Gasteiger partial charge in [0.25, 0.3) is 0 Å². The number of anilines is 1. The first kappa shape index (κ1) is 22.6. The molecule has 4 rings (SSSR count). The van der Waals surface area contributed by atoms with Crippen LogP contribution in [0.5, 0.6) is 11.5 Å². The van der Waals surface area contributed by atoms with Gasteiger partial charge in [-0.15, -0.1) is 0 Å². The van der Waals surface area contributed by atoms with Crippen LogP contribution in [0.1, 0.15) is 36.9 Å². The number of benzene rings is 3. The number of carbonyl (C=O) groups is 1. The molecule has 0 saturated carbocycles. The van der Waals surface area contributed by atoms with Crippen molar-refractivity contribution in [3.8, 4) is 11.5 Å². The predicted octanol–water partition coefficient (Wildman–Crippen LogP) is 5.16. The SMILES string of the molecule is CC(C)c1ccc(OCC(O)C2OC(=O)N(c3ccc(F)cc3)C2c2ccc(O)cc2)cc1. The number of phenolic OH excluding ortho intramolecular Hbond substituents is 1. The summed E-state index contributed by atoms with van der Waals surface area (Å²) in [5.74, 6) is 0.633. The smallest absolute Gasteiger partial charge is 0.415 e. The van der Waals surface area contributed by atoms with Gasteiger partial charge in [-0.25, -0.2) is 9.18 Å². The van der Waals surface area contributed by atoms with Gasteiger partial charge in [-0.1, -0.05) is 38.1 Å². The number of halogens is 1. The average Bonchev–Trinajstić information content (AvgIpc) is 3.16. The number of amides is 1. The topological polar surface area (TPSA) is 79.2 Å². The van der Waals surface area contributed by atoms with Crippen molar-refractivity contribution in [3.05, 3.63) is 89.7 Å². The third-order valence-corrected chi connectivity index (χ3v) is 5.71. The van der Waals surface area contributed by atoms with Crippen LogP contribution < -0.4 is 9.64 Å². The monoisotopic (exact) mass is 451 g/mol. The lowest BCUT2D eigenvalue weighted by Crippen LogP contribution is -2.38. The van der Waals surface area contributed by atoms with Gasteiger partial charge in [0.05, 0.1) is 0 Å². The minimum Gasteiger partial charge on any atom is -0.508 e. The lowest BCUT2D eigenvalue weighted by atomic mass is 9.96. The van der Waals surface area contributed by atoms with E-state index in [2.05, 4.69) is 13.8 Å². The lowest BCUT2D eigenvalue weighted by Gasteiger charge is -2.27. The largest absolute Gasteiger partial charge is 0.508 e. The second-order valence-corrected chi connectivity index (χ2v) is 8.33. The third-order valence-electron chi connectivity index (χ3n) is 5.71. The molecule has 0 aliphatic carbocycles. The number of aliphatic hydroxyl groups excluding tert-OH is 1. The van der Waals surface area contributed by atoms with Crippen LogP contribution in [0.15, 0.2) is 72.8 Å². The van der Waals surface area contributed by atoms with Crippen molar-refractivity contribution in [1.82, 2.24) is 0 Å². The van der Waals surface area contributed by atoms with Crippen molar-refractivity contribution < 1.29 is 28.9 Å². The molecule has 0 spiro atoms. The number of aliphatic hydroxyl groups is 1. The quantitative estimate of drug-likeness (QED) is 0.519. The van der Waals surface area contributed by atoms with Crippen molar-refractivity contribution in [3.63, 3.8) is 0 Å². The van der Waals surface area contributed by atoms with E-state index in [1.807, 2.05) is 24.3 Å². The van der Waals surface area contributed by atoms with Crippen LogP contribution in [0.4, 0.5) is 14.9 Å². The van der Waals surface area contributed by atoms with Gasteiger partial charge < -0.3 is 19.7 Å². The zero-order valence-electron chi connectivity index (χ0n) is 18.4. The van der Waals surface area contributed by atoms with Gasteiger partial charge in [-0.3, -0.25) is 4.90 Å². The van der Waals surface area contributed by atoms with Crippen molar-refractivity contribution in [2.45, 2.75) is 38.0 Å². The van der Waals surface area contributed by atoms with Gasteiger partial charge in [-0.2, -0.15) is 0 Å². The van der Waals surface area contributed by atoms with Crippen LogP contribution in [0.25, 0.3) is 0 Å². The molecule has 172 valence electrons. The summed E-state index contributed by atoms with van der Waals surface area (Å²) in [6, 6.07) is 18.7. The summed E-state index contributed by atoms with van der Waals surface area (Å²) in [5.41, 5.74) is 2.25. The lowest BCUT2D eigenvalue weighted by molar-refractivity contribution is -0.00646. The van der Waals surface area contributed by atoms with Crippen molar-refractivity contribution in [2.24, 2.45) is 0 Å². The number of aromatic hydroxyl groups is 1. The summed E-state index contributed by atoms with van der Waals surface area (Å²) in [6.45, 7) is 4.11. The number of cyclic esters (lactones) is 1. The molecule has 3 aromatic carbocycles. The van der Waals surface area contributed by atoms with Gasteiger partial charge in [0, 0.05) is 5.69 Å². The fourth-order valence-electron chi connectivity index (χ4n) is 3.89. The number of ether oxygens (including phenoxy) is 2. The first-order valence-electron chi connectivity index (χ1n) is 10.8. The van der Waals surface area contributed by atoms with E-state index in [4.69, 9.17) is 9.47 Å². The molecular formula is C26H26FNO5. The van der Waals surface area contributed by atoms with Crippen LogP contribution in [-0.2, 0) is 4.74 Å². The Bertz CT molecular complexity index is 1080. The standard InChI is InChI=1S/C26H26FNO5/c1-16(2)17-5-13-22(14-6-17)32-15-23(30)25-24(18-3-11-21(29)12-4-18)28(26(31)33-25)20-9-7-19(27)8-10-20/h3-14,16,23-25,29-30H,15H2,1-2H3. The van der Waals surface area contributed by atoms with Gasteiger partial charge in [0.2, 0.25) is 0 Å². The Kier molecular flexibility index (Phi) is 6.51. The number of rotatable bonds is 7. The third kappa shape index (κ3) is 4.93. The Morgan fingerprint density at radius 2 is 1.64 bits per heavy atom. The first-order valence-corrected chi connectivity index (χ1v) is 10.8. The number of carbonyl (C=O) groups excluding carboxylic acids is 1. The summed E-state index contributed by atoms with van der Waals surface area (Å²) in [5, 5.41) is 20.6. The molecule has 6 nitrogen and oxygen atoms in total. The summed E-state index contributed by atoms with van der Waals surface area (Å²) in [6.07, 6.45) is -2.74. The van der Waals surface area contributed by atoms with E-state index in [1.54, 1.807) is 12.1 Å². The van der Waals surface area contributed by atoms with E-state index in [9.17, 15) is 19.4 Å². The molecule has 1 aliphatic heterocycles. The van der Waals surface area contributed by atoms with Gasteiger partial charge in [-0.05, 0) is 65.6 Å².